The first-order valence-corrected chi connectivity index (χ1v) is 5.48. The van der Waals surface area contributed by atoms with Gasteiger partial charge in [-0.1, -0.05) is 23.2 Å². The summed E-state index contributed by atoms with van der Waals surface area (Å²) >= 11 is 11.4. The van der Waals surface area contributed by atoms with Gasteiger partial charge in [0.05, 0.1) is 21.5 Å². The van der Waals surface area contributed by atoms with Crippen LogP contribution >= 0.6 is 23.2 Å². The third kappa shape index (κ3) is 2.75. The Labute approximate surface area is 108 Å². The van der Waals surface area contributed by atoms with Gasteiger partial charge in [0.25, 0.3) is 0 Å². The van der Waals surface area contributed by atoms with E-state index in [0.29, 0.717) is 11.4 Å². The Morgan fingerprint density at radius 1 is 1.00 bits per heavy atom. The van der Waals surface area contributed by atoms with E-state index in [1.54, 1.807) is 12.1 Å². The van der Waals surface area contributed by atoms with Gasteiger partial charge in [-0.05, 0) is 36.4 Å². The third-order valence-electron chi connectivity index (χ3n) is 2.09. The van der Waals surface area contributed by atoms with Crippen molar-refractivity contribution in [2.24, 2.45) is 4.99 Å². The van der Waals surface area contributed by atoms with Gasteiger partial charge in [-0.2, -0.15) is 0 Å². The number of nitrogens with zero attached hydrogens (tertiary/aromatic N) is 1. The summed E-state index contributed by atoms with van der Waals surface area (Å²) in [6, 6.07) is 6.32. The van der Waals surface area contributed by atoms with Crippen molar-refractivity contribution in [3.05, 3.63) is 46.5 Å². The minimum absolute atomic E-state index is 0.0371. The molecule has 0 aromatic heterocycles. The number of ketones is 1. The summed E-state index contributed by atoms with van der Waals surface area (Å²) in [5.41, 5.74) is 1.12. The maximum absolute atomic E-state index is 11.3. The molecule has 0 atom stereocenters. The van der Waals surface area contributed by atoms with Crippen molar-refractivity contribution in [3.8, 4) is 5.75 Å². The number of benzene rings is 1. The zero-order chi connectivity index (χ0) is 12.4. The van der Waals surface area contributed by atoms with Crippen molar-refractivity contribution in [3.63, 3.8) is 0 Å². The van der Waals surface area contributed by atoms with Crippen LogP contribution in [0.4, 0.5) is 5.69 Å². The minimum Gasteiger partial charge on any atom is -0.508 e. The third-order valence-corrected chi connectivity index (χ3v) is 2.65. The Kier molecular flexibility index (Phi) is 3.31. The van der Waals surface area contributed by atoms with Crippen LogP contribution in [0.15, 0.2) is 51.5 Å². The molecule has 1 aromatic rings. The molecule has 3 nitrogen and oxygen atoms in total. The number of phenolic OH excluding ortho intramolecular Hbond substituents is 1. The zero-order valence-electron chi connectivity index (χ0n) is 8.52. The monoisotopic (exact) mass is 267 g/mol. The molecular weight excluding hydrogens is 261 g/mol. The van der Waals surface area contributed by atoms with E-state index in [1.807, 2.05) is 0 Å². The van der Waals surface area contributed by atoms with Gasteiger partial charge in [0, 0.05) is 0 Å². The molecule has 1 aliphatic carbocycles. The number of allylic oxidation sites excluding steroid dienone is 4. The molecule has 0 heterocycles. The minimum atomic E-state index is -0.405. The van der Waals surface area contributed by atoms with Gasteiger partial charge < -0.3 is 5.11 Å². The highest BCUT2D eigenvalue weighted by Crippen LogP contribution is 2.22. The molecule has 1 aliphatic rings. The number of aliphatic imine (C=N–C) groups is 1. The van der Waals surface area contributed by atoms with E-state index in [-0.39, 0.29) is 15.8 Å². The summed E-state index contributed by atoms with van der Waals surface area (Å²) in [5.74, 6) is -0.243. The lowest BCUT2D eigenvalue weighted by Crippen LogP contribution is -2.07. The molecule has 86 valence electrons. The van der Waals surface area contributed by atoms with Crippen LogP contribution < -0.4 is 0 Å². The average Bonchev–Trinajstić information content (AvgIpc) is 2.29. The van der Waals surface area contributed by atoms with Gasteiger partial charge in [0.1, 0.15) is 5.75 Å². The van der Waals surface area contributed by atoms with Gasteiger partial charge >= 0.3 is 0 Å². The fraction of sp³-hybridized carbons (Fsp3) is 0. The second kappa shape index (κ2) is 4.73. The fourth-order valence-electron chi connectivity index (χ4n) is 1.29. The number of Topliss-reactive ketones (excluding diaryl/α,β-unsaturated/α-hetero) is 1. The van der Waals surface area contributed by atoms with Gasteiger partial charge in [-0.15, -0.1) is 0 Å². The lowest BCUT2D eigenvalue weighted by molar-refractivity contribution is -0.111. The maximum atomic E-state index is 11.3. The smallest absolute Gasteiger partial charge is 0.215 e. The highest BCUT2D eigenvalue weighted by Gasteiger charge is 2.17. The van der Waals surface area contributed by atoms with Crippen LogP contribution in [0.5, 0.6) is 5.75 Å². The molecule has 0 radical (unpaired) electrons. The number of hydrogen-bond acceptors (Lipinski definition) is 3. The van der Waals surface area contributed by atoms with E-state index in [4.69, 9.17) is 28.3 Å². The lowest BCUT2D eigenvalue weighted by Gasteiger charge is -2.05. The second-order valence-electron chi connectivity index (χ2n) is 3.37. The van der Waals surface area contributed by atoms with Crippen LogP contribution in [0.2, 0.25) is 0 Å². The molecule has 0 amide bonds. The highest BCUT2D eigenvalue weighted by molar-refractivity contribution is 6.57. The lowest BCUT2D eigenvalue weighted by atomic mass is 10.1. The van der Waals surface area contributed by atoms with Gasteiger partial charge in [0.2, 0.25) is 5.78 Å². The van der Waals surface area contributed by atoms with Crippen LogP contribution in [0.1, 0.15) is 0 Å². The van der Waals surface area contributed by atoms with Crippen LogP contribution in [-0.4, -0.2) is 16.6 Å². The number of halogens is 2. The summed E-state index contributed by atoms with van der Waals surface area (Å²) in [6.07, 6.45) is 2.89. The average molecular weight is 268 g/mol. The van der Waals surface area contributed by atoms with Crippen LogP contribution in [0.3, 0.4) is 0 Å². The summed E-state index contributed by atoms with van der Waals surface area (Å²) in [5, 5.41) is 9.20. The van der Waals surface area contributed by atoms with Crippen molar-refractivity contribution < 1.29 is 9.90 Å². The molecule has 0 bridgehead atoms. The maximum Gasteiger partial charge on any atom is 0.215 e. The summed E-state index contributed by atoms with van der Waals surface area (Å²) in [7, 11) is 0. The predicted molar refractivity (Wildman–Crippen MR) is 68.1 cm³/mol. The topological polar surface area (TPSA) is 49.7 Å². The standard InChI is InChI=1S/C12H7Cl2NO2/c13-10-5-8(6-11(14)12(10)17)15-7-1-3-9(16)4-2-7/h1-6,16H. The van der Waals surface area contributed by atoms with E-state index in [9.17, 15) is 4.79 Å². The number of carbonyl (C=O) groups excluding carboxylic acids is 1. The molecule has 0 spiro atoms. The molecule has 1 N–H and O–H groups in total. The molecule has 2 rings (SSSR count). The van der Waals surface area contributed by atoms with Crippen molar-refractivity contribution in [2.45, 2.75) is 0 Å². The van der Waals surface area contributed by atoms with E-state index in [1.165, 1.54) is 24.3 Å². The predicted octanol–water partition coefficient (Wildman–Crippen LogP) is 3.29. The molecule has 5 heteroatoms. The number of rotatable bonds is 1. The Balaban J connectivity index is 2.35. The van der Waals surface area contributed by atoms with Crippen molar-refractivity contribution >= 4 is 40.4 Å². The highest BCUT2D eigenvalue weighted by atomic mass is 35.5. The van der Waals surface area contributed by atoms with E-state index < -0.39 is 5.78 Å². The zero-order valence-corrected chi connectivity index (χ0v) is 10.0. The summed E-state index contributed by atoms with van der Waals surface area (Å²) < 4.78 is 0. The van der Waals surface area contributed by atoms with Crippen LogP contribution in [-0.2, 0) is 4.79 Å². The normalized spacial score (nSPS) is 15.4. The summed E-state index contributed by atoms with van der Waals surface area (Å²) in [6.45, 7) is 0. The second-order valence-corrected chi connectivity index (χ2v) is 4.18. The Morgan fingerprint density at radius 2 is 1.53 bits per heavy atom. The van der Waals surface area contributed by atoms with Crippen molar-refractivity contribution in [1.29, 1.82) is 0 Å². The number of phenols is 1. The van der Waals surface area contributed by atoms with Crippen molar-refractivity contribution in [1.82, 2.24) is 0 Å². The van der Waals surface area contributed by atoms with Gasteiger partial charge in [0.15, 0.2) is 0 Å². The number of carbonyl (C=O) groups is 1. The molecule has 0 fully saturated rings. The fourth-order valence-corrected chi connectivity index (χ4v) is 1.76. The molecule has 0 unspecified atom stereocenters. The van der Waals surface area contributed by atoms with Crippen LogP contribution in [0, 0.1) is 0 Å². The van der Waals surface area contributed by atoms with E-state index in [0.717, 1.165) is 0 Å². The Hall–Kier alpha value is -1.58. The quantitative estimate of drug-likeness (QED) is 0.794. The Morgan fingerprint density at radius 3 is 2.06 bits per heavy atom. The van der Waals surface area contributed by atoms with E-state index >= 15 is 0 Å². The molecular formula is C12H7Cl2NO2. The first-order valence-electron chi connectivity index (χ1n) is 4.73. The molecule has 0 saturated heterocycles. The van der Waals surface area contributed by atoms with Gasteiger partial charge in [-0.25, -0.2) is 4.99 Å². The molecule has 0 aliphatic heterocycles. The molecule has 1 aromatic carbocycles. The first-order chi connectivity index (χ1) is 8.06. The van der Waals surface area contributed by atoms with Gasteiger partial charge in [-0.3, -0.25) is 4.79 Å². The first kappa shape index (κ1) is 11.9. The van der Waals surface area contributed by atoms with Crippen LogP contribution in [0.25, 0.3) is 0 Å². The van der Waals surface area contributed by atoms with E-state index in [2.05, 4.69) is 4.99 Å². The largest absolute Gasteiger partial charge is 0.508 e. The number of hydrogen-bond donors (Lipinski definition) is 1. The molecule has 0 saturated carbocycles. The summed E-state index contributed by atoms with van der Waals surface area (Å²) in [4.78, 5) is 15.5. The van der Waals surface area contributed by atoms with Crippen molar-refractivity contribution in [2.75, 3.05) is 0 Å². The Bertz CT molecular complexity index is 532. The number of aromatic hydroxyl groups is 1. The SMILES string of the molecule is O=C1C(Cl)=CC(=Nc2ccc(O)cc2)C=C1Cl. The molecule has 17 heavy (non-hydrogen) atoms.